The Morgan fingerprint density at radius 2 is 1.90 bits per heavy atom. The van der Waals surface area contributed by atoms with Gasteiger partial charge in [-0.05, 0) is 30.5 Å². The van der Waals surface area contributed by atoms with Gasteiger partial charge in [0.15, 0.2) is 0 Å². The van der Waals surface area contributed by atoms with E-state index in [0.717, 1.165) is 24.2 Å². The first-order chi connectivity index (χ1) is 10.2. The normalized spacial score (nSPS) is 10.1. The molecule has 2 N–H and O–H groups in total. The average molecular weight is 301 g/mol. The average Bonchev–Trinajstić information content (AvgIpc) is 2.52. The molecule has 2 aromatic rings. The molecule has 0 saturated heterocycles. The smallest absolute Gasteiger partial charge is 0.133 e. The number of hydrogen-bond acceptors (Lipinski definition) is 3. The van der Waals surface area contributed by atoms with Crippen LogP contribution in [0.5, 0.6) is 11.5 Å². The third-order valence-corrected chi connectivity index (χ3v) is 3.38. The summed E-state index contributed by atoms with van der Waals surface area (Å²) in [6.07, 6.45) is 1.91. The largest absolute Gasteiger partial charge is 0.497 e. The van der Waals surface area contributed by atoms with Gasteiger partial charge in [-0.15, -0.1) is 0 Å². The quantitative estimate of drug-likeness (QED) is 0.629. The minimum absolute atomic E-state index is 0.329. The van der Waals surface area contributed by atoms with Gasteiger partial charge in [-0.3, -0.25) is 0 Å². The molecule has 0 aromatic heterocycles. The molecule has 4 heteroatoms. The van der Waals surface area contributed by atoms with Gasteiger partial charge >= 0.3 is 0 Å². The van der Waals surface area contributed by atoms with E-state index in [9.17, 15) is 0 Å². The molecular formula is C17H19NO2S. The minimum atomic E-state index is 0.329. The van der Waals surface area contributed by atoms with Gasteiger partial charge in [0.05, 0.1) is 19.3 Å². The lowest BCUT2D eigenvalue weighted by molar-refractivity contribution is 0.308. The van der Waals surface area contributed by atoms with E-state index in [-0.39, 0.29) is 0 Å². The van der Waals surface area contributed by atoms with Crippen LogP contribution in [0.15, 0.2) is 48.5 Å². The Morgan fingerprint density at radius 1 is 1.14 bits per heavy atom. The number of benzene rings is 2. The van der Waals surface area contributed by atoms with Crippen molar-refractivity contribution in [3.8, 4) is 11.5 Å². The van der Waals surface area contributed by atoms with Gasteiger partial charge < -0.3 is 15.2 Å². The van der Waals surface area contributed by atoms with E-state index in [2.05, 4.69) is 12.1 Å². The number of methoxy groups -OCH3 is 1. The topological polar surface area (TPSA) is 44.5 Å². The summed E-state index contributed by atoms with van der Waals surface area (Å²) < 4.78 is 11.0. The molecule has 0 heterocycles. The zero-order chi connectivity index (χ0) is 15.1. The monoisotopic (exact) mass is 301 g/mol. The molecule has 21 heavy (non-hydrogen) atoms. The van der Waals surface area contributed by atoms with Crippen LogP contribution >= 0.6 is 12.2 Å². The number of aryl methyl sites for hydroxylation is 1. The molecule has 0 aliphatic heterocycles. The van der Waals surface area contributed by atoms with E-state index in [4.69, 9.17) is 27.4 Å². The molecule has 0 radical (unpaired) electrons. The predicted octanol–water partition coefficient (Wildman–Crippen LogP) is 3.34. The van der Waals surface area contributed by atoms with Crippen molar-refractivity contribution < 1.29 is 9.47 Å². The maximum atomic E-state index is 5.82. The van der Waals surface area contributed by atoms with Gasteiger partial charge in [0.1, 0.15) is 16.5 Å². The maximum Gasteiger partial charge on any atom is 0.133 e. The summed E-state index contributed by atoms with van der Waals surface area (Å²) in [5.41, 5.74) is 7.76. The number of thiocarbonyl (C=S) groups is 1. The Hall–Kier alpha value is -2.07. The lowest BCUT2D eigenvalue weighted by Gasteiger charge is -2.12. The second-order valence-corrected chi connectivity index (χ2v) is 5.10. The number of nitrogens with two attached hydrogens (primary N) is 1. The Kier molecular flexibility index (Phi) is 5.58. The molecule has 0 aliphatic carbocycles. The number of ether oxygens (including phenoxy) is 2. The molecule has 0 atom stereocenters. The van der Waals surface area contributed by atoms with Crippen molar-refractivity contribution in [2.75, 3.05) is 13.7 Å². The van der Waals surface area contributed by atoms with Crippen molar-refractivity contribution in [1.29, 1.82) is 0 Å². The van der Waals surface area contributed by atoms with E-state index < -0.39 is 0 Å². The van der Waals surface area contributed by atoms with E-state index in [1.807, 2.05) is 36.4 Å². The lowest BCUT2D eigenvalue weighted by Crippen LogP contribution is -2.12. The molecule has 0 unspecified atom stereocenters. The minimum Gasteiger partial charge on any atom is -0.497 e. The summed E-state index contributed by atoms with van der Waals surface area (Å²) in [6, 6.07) is 15.8. The molecule has 0 bridgehead atoms. The molecule has 110 valence electrons. The summed E-state index contributed by atoms with van der Waals surface area (Å²) >= 11 is 5.04. The first-order valence-electron chi connectivity index (χ1n) is 6.85. The Balaban J connectivity index is 1.94. The molecule has 0 fully saturated rings. The highest BCUT2D eigenvalue weighted by Crippen LogP contribution is 2.25. The van der Waals surface area contributed by atoms with E-state index in [1.54, 1.807) is 7.11 Å². The zero-order valence-electron chi connectivity index (χ0n) is 12.0. The highest BCUT2D eigenvalue weighted by atomic mass is 32.1. The van der Waals surface area contributed by atoms with Crippen LogP contribution in [0.2, 0.25) is 0 Å². The molecule has 0 saturated carbocycles. The number of hydrogen-bond donors (Lipinski definition) is 1. The van der Waals surface area contributed by atoms with Crippen LogP contribution in [-0.2, 0) is 6.42 Å². The van der Waals surface area contributed by atoms with Gasteiger partial charge in [0.25, 0.3) is 0 Å². The van der Waals surface area contributed by atoms with Crippen molar-refractivity contribution in [1.82, 2.24) is 0 Å². The first-order valence-corrected chi connectivity index (χ1v) is 7.26. The molecule has 2 aromatic carbocycles. The summed E-state index contributed by atoms with van der Waals surface area (Å²) in [4.78, 5) is 0.329. The standard InChI is InChI=1S/C17H19NO2S/c1-19-14-9-10-15(17(18)21)16(12-14)20-11-5-8-13-6-3-2-4-7-13/h2-4,6-7,9-10,12H,5,8,11H2,1H3,(H2,18,21). The van der Waals surface area contributed by atoms with Crippen molar-refractivity contribution in [2.45, 2.75) is 12.8 Å². The first kappa shape index (κ1) is 15.3. The van der Waals surface area contributed by atoms with Gasteiger partial charge in [-0.2, -0.15) is 0 Å². The second-order valence-electron chi connectivity index (χ2n) is 4.66. The van der Waals surface area contributed by atoms with Crippen LogP contribution in [0.1, 0.15) is 17.5 Å². The van der Waals surface area contributed by atoms with Crippen LogP contribution in [-0.4, -0.2) is 18.7 Å². The van der Waals surface area contributed by atoms with Gasteiger partial charge in [-0.1, -0.05) is 42.5 Å². The van der Waals surface area contributed by atoms with Crippen molar-refractivity contribution >= 4 is 17.2 Å². The van der Waals surface area contributed by atoms with Gasteiger partial charge in [0, 0.05) is 6.07 Å². The zero-order valence-corrected chi connectivity index (χ0v) is 12.9. The third-order valence-electron chi connectivity index (χ3n) is 3.16. The van der Waals surface area contributed by atoms with E-state index in [1.165, 1.54) is 5.56 Å². The molecular weight excluding hydrogens is 282 g/mol. The fourth-order valence-electron chi connectivity index (χ4n) is 2.06. The SMILES string of the molecule is COc1ccc(C(N)=S)c(OCCCc2ccccc2)c1. The van der Waals surface area contributed by atoms with Crippen LogP contribution in [0.3, 0.4) is 0 Å². The van der Waals surface area contributed by atoms with E-state index in [0.29, 0.717) is 17.3 Å². The maximum absolute atomic E-state index is 5.82. The fraction of sp³-hybridized carbons (Fsp3) is 0.235. The van der Waals surface area contributed by atoms with E-state index >= 15 is 0 Å². The Morgan fingerprint density at radius 3 is 2.57 bits per heavy atom. The van der Waals surface area contributed by atoms with Gasteiger partial charge in [-0.25, -0.2) is 0 Å². The Bertz CT molecular complexity index is 599. The lowest BCUT2D eigenvalue weighted by atomic mass is 10.1. The molecule has 0 aliphatic rings. The Labute approximate surface area is 130 Å². The predicted molar refractivity (Wildman–Crippen MR) is 89.1 cm³/mol. The summed E-state index contributed by atoms with van der Waals surface area (Å²) in [7, 11) is 1.62. The molecule has 2 rings (SSSR count). The van der Waals surface area contributed by atoms with Crippen molar-refractivity contribution in [3.05, 3.63) is 59.7 Å². The van der Waals surface area contributed by atoms with Crippen LogP contribution in [0.25, 0.3) is 0 Å². The highest BCUT2D eigenvalue weighted by molar-refractivity contribution is 7.80. The molecule has 0 spiro atoms. The van der Waals surface area contributed by atoms with Crippen LogP contribution < -0.4 is 15.2 Å². The van der Waals surface area contributed by atoms with Crippen LogP contribution in [0, 0.1) is 0 Å². The number of rotatable bonds is 7. The summed E-state index contributed by atoms with van der Waals surface area (Å²) in [5, 5.41) is 0. The fourth-order valence-corrected chi connectivity index (χ4v) is 2.22. The second kappa shape index (κ2) is 7.64. The summed E-state index contributed by atoms with van der Waals surface area (Å²) in [5.74, 6) is 1.41. The van der Waals surface area contributed by atoms with Gasteiger partial charge in [0.2, 0.25) is 0 Å². The molecule has 3 nitrogen and oxygen atoms in total. The highest BCUT2D eigenvalue weighted by Gasteiger charge is 2.08. The van der Waals surface area contributed by atoms with Crippen molar-refractivity contribution in [2.24, 2.45) is 5.73 Å². The van der Waals surface area contributed by atoms with Crippen molar-refractivity contribution in [3.63, 3.8) is 0 Å². The van der Waals surface area contributed by atoms with Crippen LogP contribution in [0.4, 0.5) is 0 Å². The third kappa shape index (κ3) is 4.46. The summed E-state index contributed by atoms with van der Waals surface area (Å²) in [6.45, 7) is 0.609. The molecule has 0 amide bonds.